The zero-order valence-corrected chi connectivity index (χ0v) is 14.8. The van der Waals surface area contributed by atoms with Gasteiger partial charge in [0.1, 0.15) is 0 Å². The Hall–Kier alpha value is -2.20. The van der Waals surface area contributed by atoms with Crippen molar-refractivity contribution in [2.75, 3.05) is 5.32 Å². The molecule has 0 amide bonds. The molecule has 0 aliphatic carbocycles. The molecule has 1 unspecified atom stereocenters. The van der Waals surface area contributed by atoms with Crippen LogP contribution in [0.5, 0.6) is 0 Å². The van der Waals surface area contributed by atoms with Crippen molar-refractivity contribution in [1.29, 1.82) is 0 Å². The van der Waals surface area contributed by atoms with Gasteiger partial charge in [-0.15, -0.1) is 0 Å². The number of hydrogen-bond donors (Lipinski definition) is 2. The molecule has 0 saturated heterocycles. The van der Waals surface area contributed by atoms with Gasteiger partial charge in [0.15, 0.2) is 10.9 Å². The van der Waals surface area contributed by atoms with Crippen molar-refractivity contribution in [2.24, 2.45) is 0 Å². The molecule has 2 N–H and O–H groups in total. The van der Waals surface area contributed by atoms with E-state index in [0.717, 1.165) is 5.69 Å². The zero-order chi connectivity index (χ0) is 17.0. The molecule has 1 atom stereocenters. The van der Waals surface area contributed by atoms with Crippen LogP contribution in [0.1, 0.15) is 46.9 Å². The maximum absolute atomic E-state index is 11.3. The number of Topliss-reactive ketones (excluding diaryl/α,β-unsaturated/α-hetero) is 1. The first-order valence-electron chi connectivity index (χ1n) is 7.62. The fourth-order valence-electron chi connectivity index (χ4n) is 2.54. The Kier molecular flexibility index (Phi) is 5.50. The first kappa shape index (κ1) is 17.2. The minimum absolute atomic E-state index is 0.0562. The summed E-state index contributed by atoms with van der Waals surface area (Å²) in [7, 11) is 0. The van der Waals surface area contributed by atoms with E-state index < -0.39 is 0 Å². The SMILES string of the molecule is CC(=O)c1ccc(NC(=S)NC(C)c2ccc(C)cc2C)cc1. The molecule has 0 aliphatic rings. The molecule has 120 valence electrons. The molecular weight excluding hydrogens is 304 g/mol. The number of hydrogen-bond acceptors (Lipinski definition) is 2. The Morgan fingerprint density at radius 2 is 1.74 bits per heavy atom. The van der Waals surface area contributed by atoms with Crippen LogP contribution in [0.3, 0.4) is 0 Å². The highest BCUT2D eigenvalue weighted by molar-refractivity contribution is 7.80. The lowest BCUT2D eigenvalue weighted by atomic mass is 10.0. The van der Waals surface area contributed by atoms with E-state index in [1.807, 2.05) is 12.1 Å². The number of ketones is 1. The van der Waals surface area contributed by atoms with Crippen molar-refractivity contribution in [3.8, 4) is 0 Å². The van der Waals surface area contributed by atoms with Crippen LogP contribution in [0.25, 0.3) is 0 Å². The van der Waals surface area contributed by atoms with Gasteiger partial charge in [0.2, 0.25) is 0 Å². The Morgan fingerprint density at radius 1 is 1.09 bits per heavy atom. The topological polar surface area (TPSA) is 41.1 Å². The molecule has 0 fully saturated rings. The molecule has 2 rings (SSSR count). The van der Waals surface area contributed by atoms with E-state index in [9.17, 15) is 4.79 Å². The number of carbonyl (C=O) groups excluding carboxylic acids is 1. The molecule has 0 spiro atoms. The Bertz CT molecular complexity index is 723. The van der Waals surface area contributed by atoms with E-state index in [4.69, 9.17) is 12.2 Å². The van der Waals surface area contributed by atoms with Gasteiger partial charge in [0.05, 0.1) is 6.04 Å². The molecule has 2 aromatic carbocycles. The van der Waals surface area contributed by atoms with Gasteiger partial charge in [-0.2, -0.15) is 0 Å². The lowest BCUT2D eigenvalue weighted by Crippen LogP contribution is -2.31. The van der Waals surface area contributed by atoms with E-state index >= 15 is 0 Å². The minimum Gasteiger partial charge on any atom is -0.356 e. The van der Waals surface area contributed by atoms with Crippen molar-refractivity contribution in [3.63, 3.8) is 0 Å². The third-order valence-corrected chi connectivity index (χ3v) is 4.01. The Morgan fingerprint density at radius 3 is 2.30 bits per heavy atom. The number of aryl methyl sites for hydroxylation is 2. The maximum Gasteiger partial charge on any atom is 0.171 e. The van der Waals surface area contributed by atoms with Crippen LogP contribution in [0.15, 0.2) is 42.5 Å². The summed E-state index contributed by atoms with van der Waals surface area (Å²) in [6.45, 7) is 7.84. The monoisotopic (exact) mass is 326 g/mol. The zero-order valence-electron chi connectivity index (χ0n) is 13.9. The normalized spacial score (nSPS) is 11.7. The molecule has 0 heterocycles. The molecule has 0 radical (unpaired) electrons. The fourth-order valence-corrected chi connectivity index (χ4v) is 2.84. The smallest absolute Gasteiger partial charge is 0.171 e. The number of carbonyl (C=O) groups is 1. The standard InChI is InChI=1S/C19H22N2OS/c1-12-5-10-18(13(2)11-12)14(3)20-19(23)21-17-8-6-16(7-9-17)15(4)22/h5-11,14H,1-4H3,(H2,20,21,23). The summed E-state index contributed by atoms with van der Waals surface area (Å²) < 4.78 is 0. The minimum atomic E-state index is 0.0562. The molecule has 0 saturated carbocycles. The second kappa shape index (κ2) is 7.38. The lowest BCUT2D eigenvalue weighted by Gasteiger charge is -2.19. The van der Waals surface area contributed by atoms with Crippen molar-refractivity contribution < 1.29 is 4.79 Å². The maximum atomic E-state index is 11.3. The number of thiocarbonyl (C=S) groups is 1. The molecule has 0 bridgehead atoms. The van der Waals surface area contributed by atoms with Gasteiger partial charge in [0.25, 0.3) is 0 Å². The van der Waals surface area contributed by atoms with E-state index in [0.29, 0.717) is 10.7 Å². The van der Waals surface area contributed by atoms with Crippen LogP contribution < -0.4 is 10.6 Å². The second-order valence-electron chi connectivity index (χ2n) is 5.81. The van der Waals surface area contributed by atoms with Gasteiger partial charge in [-0.05, 0) is 75.3 Å². The summed E-state index contributed by atoms with van der Waals surface area (Å²) in [5, 5.41) is 7.01. The van der Waals surface area contributed by atoms with E-state index in [2.05, 4.69) is 49.6 Å². The molecule has 0 aromatic heterocycles. The summed E-state index contributed by atoms with van der Waals surface area (Å²) >= 11 is 5.38. The van der Waals surface area contributed by atoms with Crippen molar-refractivity contribution in [1.82, 2.24) is 5.32 Å². The molecule has 23 heavy (non-hydrogen) atoms. The van der Waals surface area contributed by atoms with Crippen LogP contribution in [0.4, 0.5) is 5.69 Å². The predicted molar refractivity (Wildman–Crippen MR) is 100 cm³/mol. The average Bonchev–Trinajstić information content (AvgIpc) is 2.47. The van der Waals surface area contributed by atoms with E-state index in [1.54, 1.807) is 19.1 Å². The van der Waals surface area contributed by atoms with Crippen molar-refractivity contribution >= 4 is 28.8 Å². The van der Waals surface area contributed by atoms with Gasteiger partial charge < -0.3 is 10.6 Å². The fraction of sp³-hybridized carbons (Fsp3) is 0.263. The van der Waals surface area contributed by atoms with Gasteiger partial charge >= 0.3 is 0 Å². The highest BCUT2D eigenvalue weighted by atomic mass is 32.1. The second-order valence-corrected chi connectivity index (χ2v) is 6.22. The Labute approximate surface area is 143 Å². The third-order valence-electron chi connectivity index (χ3n) is 3.79. The van der Waals surface area contributed by atoms with Gasteiger partial charge in [0, 0.05) is 11.3 Å². The number of benzene rings is 2. The number of nitrogens with one attached hydrogen (secondary N) is 2. The summed E-state index contributed by atoms with van der Waals surface area (Å²) in [5.74, 6) is 0.0562. The molecule has 4 heteroatoms. The Balaban J connectivity index is 1.99. The van der Waals surface area contributed by atoms with E-state index in [-0.39, 0.29) is 11.8 Å². The molecule has 3 nitrogen and oxygen atoms in total. The van der Waals surface area contributed by atoms with Gasteiger partial charge in [-0.25, -0.2) is 0 Å². The largest absolute Gasteiger partial charge is 0.356 e. The van der Waals surface area contributed by atoms with Crippen molar-refractivity contribution in [3.05, 3.63) is 64.7 Å². The quantitative estimate of drug-likeness (QED) is 0.639. The van der Waals surface area contributed by atoms with Crippen LogP contribution in [0, 0.1) is 13.8 Å². The van der Waals surface area contributed by atoms with Crippen LogP contribution in [-0.2, 0) is 0 Å². The van der Waals surface area contributed by atoms with Crippen LogP contribution in [0.2, 0.25) is 0 Å². The lowest BCUT2D eigenvalue weighted by molar-refractivity contribution is 0.101. The average molecular weight is 326 g/mol. The summed E-state index contributed by atoms with van der Waals surface area (Å²) in [4.78, 5) is 11.3. The summed E-state index contributed by atoms with van der Waals surface area (Å²) in [6, 6.07) is 13.8. The predicted octanol–water partition coefficient (Wildman–Crippen LogP) is 4.55. The first-order valence-corrected chi connectivity index (χ1v) is 8.03. The summed E-state index contributed by atoms with van der Waals surface area (Å²) in [6.07, 6.45) is 0. The number of rotatable bonds is 4. The molecular formula is C19H22N2OS. The molecule has 0 aliphatic heterocycles. The van der Waals surface area contributed by atoms with E-state index in [1.165, 1.54) is 16.7 Å². The van der Waals surface area contributed by atoms with Crippen molar-refractivity contribution in [2.45, 2.75) is 33.7 Å². The van der Waals surface area contributed by atoms with Gasteiger partial charge in [-0.1, -0.05) is 23.8 Å². The third kappa shape index (κ3) is 4.63. The summed E-state index contributed by atoms with van der Waals surface area (Å²) in [5.41, 5.74) is 5.29. The highest BCUT2D eigenvalue weighted by Crippen LogP contribution is 2.19. The van der Waals surface area contributed by atoms with Crippen LogP contribution in [-0.4, -0.2) is 10.9 Å². The number of anilines is 1. The van der Waals surface area contributed by atoms with Crippen LogP contribution >= 0.6 is 12.2 Å². The molecule has 2 aromatic rings. The highest BCUT2D eigenvalue weighted by Gasteiger charge is 2.10. The first-order chi connectivity index (χ1) is 10.9. The van der Waals surface area contributed by atoms with Gasteiger partial charge in [-0.3, -0.25) is 4.79 Å².